The fourth-order valence-corrected chi connectivity index (χ4v) is 1.62. The summed E-state index contributed by atoms with van der Waals surface area (Å²) in [5.74, 6) is -0.162. The summed E-state index contributed by atoms with van der Waals surface area (Å²) >= 11 is 0. The van der Waals surface area contributed by atoms with E-state index in [0.717, 1.165) is 5.56 Å². The number of aliphatic imine (C=N–C) groups is 1. The van der Waals surface area contributed by atoms with E-state index < -0.39 is 0 Å². The van der Waals surface area contributed by atoms with Gasteiger partial charge < -0.3 is 5.32 Å². The Balaban J connectivity index is 1.98. The van der Waals surface area contributed by atoms with E-state index in [2.05, 4.69) is 10.3 Å². The Morgan fingerprint density at radius 2 is 1.74 bits per heavy atom. The van der Waals surface area contributed by atoms with Gasteiger partial charge in [-0.3, -0.25) is 4.79 Å². The van der Waals surface area contributed by atoms with Crippen LogP contribution in [-0.2, 0) is 11.3 Å². The summed E-state index contributed by atoms with van der Waals surface area (Å²) in [7, 11) is 0. The molecule has 0 unspecified atom stereocenters. The Hall–Kier alpha value is -2.71. The molecule has 0 radical (unpaired) electrons. The third-order valence-electron chi connectivity index (χ3n) is 2.60. The Kier molecular flexibility index (Phi) is 4.21. The average Bonchev–Trinajstić information content (AvgIpc) is 2.47. The number of nitrogens with zero attached hydrogens (tertiary/aromatic N) is 1. The summed E-state index contributed by atoms with van der Waals surface area (Å²) in [5, 5.41) is 2.82. The number of carbonyl (C=O) groups excluding carboxylic acids is 2. The van der Waals surface area contributed by atoms with Gasteiger partial charge in [0.15, 0.2) is 0 Å². The highest BCUT2D eigenvalue weighted by atomic mass is 16.1. The number of amides is 1. The van der Waals surface area contributed by atoms with Gasteiger partial charge in [0.05, 0.1) is 5.69 Å². The predicted octanol–water partition coefficient (Wildman–Crippen LogP) is 2.58. The number of rotatable bonds is 4. The maximum atomic E-state index is 11.9. The number of hydrogen-bond donors (Lipinski definition) is 1. The number of hydrogen-bond acceptors (Lipinski definition) is 3. The number of isocyanates is 1. The van der Waals surface area contributed by atoms with E-state index in [-0.39, 0.29) is 5.91 Å². The molecule has 2 rings (SSSR count). The molecule has 94 valence electrons. The van der Waals surface area contributed by atoms with Crippen molar-refractivity contribution in [2.45, 2.75) is 6.54 Å². The maximum Gasteiger partial charge on any atom is 0.251 e. The highest BCUT2D eigenvalue weighted by molar-refractivity contribution is 5.94. The van der Waals surface area contributed by atoms with Crippen molar-refractivity contribution in [1.82, 2.24) is 5.32 Å². The van der Waals surface area contributed by atoms with Crippen LogP contribution in [0.15, 0.2) is 59.6 Å². The molecule has 0 saturated carbocycles. The highest BCUT2D eigenvalue weighted by Gasteiger charge is 2.04. The molecule has 0 spiro atoms. The standard InChI is InChI=1S/C15H12N2O2/c18-11-17-14-8-6-13(7-9-14)15(19)16-10-12-4-2-1-3-5-12/h1-9H,10H2,(H,16,19). The lowest BCUT2D eigenvalue weighted by molar-refractivity contribution is 0.0951. The summed E-state index contributed by atoms with van der Waals surface area (Å²) in [6, 6.07) is 16.1. The number of benzene rings is 2. The molecular formula is C15H12N2O2. The molecule has 2 aromatic rings. The van der Waals surface area contributed by atoms with Gasteiger partial charge in [-0.2, -0.15) is 4.99 Å². The molecule has 0 heterocycles. The Morgan fingerprint density at radius 1 is 1.05 bits per heavy atom. The van der Waals surface area contributed by atoms with Crippen LogP contribution in [0, 0.1) is 0 Å². The minimum absolute atomic E-state index is 0.162. The highest BCUT2D eigenvalue weighted by Crippen LogP contribution is 2.12. The Bertz CT molecular complexity index is 600. The molecule has 0 atom stereocenters. The SMILES string of the molecule is O=C=Nc1ccc(C(=O)NCc2ccccc2)cc1. The molecule has 0 aliphatic heterocycles. The first-order chi connectivity index (χ1) is 9.29. The molecule has 0 aliphatic carbocycles. The van der Waals surface area contributed by atoms with Crippen LogP contribution < -0.4 is 5.32 Å². The van der Waals surface area contributed by atoms with Crippen molar-refractivity contribution in [3.05, 3.63) is 65.7 Å². The zero-order valence-electron chi connectivity index (χ0n) is 10.2. The predicted molar refractivity (Wildman–Crippen MR) is 71.8 cm³/mol. The molecule has 0 fully saturated rings. The van der Waals surface area contributed by atoms with Gasteiger partial charge in [-0.25, -0.2) is 4.79 Å². The molecule has 0 bridgehead atoms. The van der Waals surface area contributed by atoms with Crippen LogP contribution in [0.2, 0.25) is 0 Å². The summed E-state index contributed by atoms with van der Waals surface area (Å²) < 4.78 is 0. The normalized spacial score (nSPS) is 9.47. The topological polar surface area (TPSA) is 58.5 Å². The second kappa shape index (κ2) is 6.28. The lowest BCUT2D eigenvalue weighted by Gasteiger charge is -2.05. The monoisotopic (exact) mass is 252 g/mol. The molecule has 1 amide bonds. The van der Waals surface area contributed by atoms with Crippen molar-refractivity contribution in [1.29, 1.82) is 0 Å². The van der Waals surface area contributed by atoms with Crippen molar-refractivity contribution in [3.8, 4) is 0 Å². The first kappa shape index (κ1) is 12.7. The van der Waals surface area contributed by atoms with Crippen LogP contribution in [0.25, 0.3) is 0 Å². The minimum atomic E-state index is -0.162. The van der Waals surface area contributed by atoms with Crippen molar-refractivity contribution in [2.75, 3.05) is 0 Å². The molecule has 4 heteroatoms. The quantitative estimate of drug-likeness (QED) is 0.671. The average molecular weight is 252 g/mol. The van der Waals surface area contributed by atoms with Crippen LogP contribution in [0.3, 0.4) is 0 Å². The second-order valence-corrected chi connectivity index (χ2v) is 3.92. The Labute approximate surface area is 110 Å². The van der Waals surface area contributed by atoms with E-state index in [4.69, 9.17) is 0 Å². The van der Waals surface area contributed by atoms with Crippen LogP contribution in [0.4, 0.5) is 5.69 Å². The summed E-state index contributed by atoms with van der Waals surface area (Å²) in [6.07, 6.45) is 1.45. The summed E-state index contributed by atoms with van der Waals surface area (Å²) in [5.41, 5.74) is 2.05. The first-order valence-electron chi connectivity index (χ1n) is 5.79. The van der Waals surface area contributed by atoms with E-state index >= 15 is 0 Å². The van der Waals surface area contributed by atoms with Crippen molar-refractivity contribution >= 4 is 17.7 Å². The second-order valence-electron chi connectivity index (χ2n) is 3.92. The van der Waals surface area contributed by atoms with Gasteiger partial charge in [0.25, 0.3) is 5.91 Å². The lowest BCUT2D eigenvalue weighted by Crippen LogP contribution is -2.22. The smallest absolute Gasteiger partial charge is 0.251 e. The first-order valence-corrected chi connectivity index (χ1v) is 5.79. The maximum absolute atomic E-state index is 11.9. The largest absolute Gasteiger partial charge is 0.348 e. The van der Waals surface area contributed by atoms with Crippen LogP contribution in [0.1, 0.15) is 15.9 Å². The molecule has 4 nitrogen and oxygen atoms in total. The van der Waals surface area contributed by atoms with Gasteiger partial charge in [0, 0.05) is 12.1 Å². The fraction of sp³-hybridized carbons (Fsp3) is 0.0667. The van der Waals surface area contributed by atoms with Gasteiger partial charge in [0.1, 0.15) is 0 Å². The third-order valence-corrected chi connectivity index (χ3v) is 2.60. The van der Waals surface area contributed by atoms with Crippen LogP contribution >= 0.6 is 0 Å². The van der Waals surface area contributed by atoms with Crippen molar-refractivity contribution in [2.24, 2.45) is 4.99 Å². The van der Waals surface area contributed by atoms with E-state index in [0.29, 0.717) is 17.8 Å². The zero-order valence-corrected chi connectivity index (χ0v) is 10.2. The number of nitrogens with one attached hydrogen (secondary N) is 1. The molecule has 0 aliphatic rings. The fourth-order valence-electron chi connectivity index (χ4n) is 1.62. The van der Waals surface area contributed by atoms with E-state index in [9.17, 15) is 9.59 Å². The van der Waals surface area contributed by atoms with Gasteiger partial charge in [-0.1, -0.05) is 30.3 Å². The van der Waals surface area contributed by atoms with Gasteiger partial charge in [-0.15, -0.1) is 0 Å². The molecule has 0 saturated heterocycles. The van der Waals surface area contributed by atoms with Crippen LogP contribution in [0.5, 0.6) is 0 Å². The van der Waals surface area contributed by atoms with E-state index in [1.165, 1.54) is 6.08 Å². The van der Waals surface area contributed by atoms with Crippen LogP contribution in [-0.4, -0.2) is 12.0 Å². The molecule has 2 aromatic carbocycles. The van der Waals surface area contributed by atoms with Gasteiger partial charge in [0.2, 0.25) is 6.08 Å². The van der Waals surface area contributed by atoms with Gasteiger partial charge >= 0.3 is 0 Å². The van der Waals surface area contributed by atoms with Crippen molar-refractivity contribution < 1.29 is 9.59 Å². The number of carbonyl (C=O) groups is 1. The summed E-state index contributed by atoms with van der Waals surface area (Å²) in [4.78, 5) is 25.4. The van der Waals surface area contributed by atoms with E-state index in [1.807, 2.05) is 30.3 Å². The van der Waals surface area contributed by atoms with Crippen molar-refractivity contribution in [3.63, 3.8) is 0 Å². The van der Waals surface area contributed by atoms with Gasteiger partial charge in [-0.05, 0) is 29.8 Å². The summed E-state index contributed by atoms with van der Waals surface area (Å²) in [6.45, 7) is 0.480. The molecule has 19 heavy (non-hydrogen) atoms. The minimum Gasteiger partial charge on any atom is -0.348 e. The molecular weight excluding hydrogens is 240 g/mol. The zero-order chi connectivity index (χ0) is 13.5. The third kappa shape index (κ3) is 3.63. The molecule has 1 N–H and O–H groups in total. The Morgan fingerprint density at radius 3 is 2.37 bits per heavy atom. The lowest BCUT2D eigenvalue weighted by atomic mass is 10.2. The molecule has 0 aromatic heterocycles. The van der Waals surface area contributed by atoms with E-state index in [1.54, 1.807) is 24.3 Å².